The van der Waals surface area contributed by atoms with E-state index in [1.54, 1.807) is 23.5 Å². The number of hydrogen-bond acceptors (Lipinski definition) is 3. The van der Waals surface area contributed by atoms with Crippen LogP contribution in [-0.4, -0.2) is 12.5 Å². The summed E-state index contributed by atoms with van der Waals surface area (Å²) < 4.78 is 0. The van der Waals surface area contributed by atoms with Crippen LogP contribution < -0.4 is 10.6 Å². The third-order valence-corrected chi connectivity index (χ3v) is 4.57. The lowest BCUT2D eigenvalue weighted by molar-refractivity contribution is -0.115. The Morgan fingerprint density at radius 1 is 1.33 bits per heavy atom. The topological polar surface area (TPSA) is 41.1 Å². The summed E-state index contributed by atoms with van der Waals surface area (Å²) >= 11 is 7.80. The SMILES string of the molecule is Cc1cc(C(C)NCC(=O)Nc2ccccc2Cl)c(C)s1. The van der Waals surface area contributed by atoms with Crippen molar-refractivity contribution in [1.82, 2.24) is 5.32 Å². The Hall–Kier alpha value is -1.36. The van der Waals surface area contributed by atoms with Gasteiger partial charge in [0.1, 0.15) is 0 Å². The van der Waals surface area contributed by atoms with Crippen LogP contribution in [0, 0.1) is 13.8 Å². The molecule has 0 radical (unpaired) electrons. The predicted molar refractivity (Wildman–Crippen MR) is 90.3 cm³/mol. The molecule has 1 aromatic carbocycles. The van der Waals surface area contributed by atoms with Crippen LogP contribution in [0.2, 0.25) is 5.02 Å². The van der Waals surface area contributed by atoms with E-state index in [1.165, 1.54) is 15.3 Å². The molecular weight excluding hydrogens is 304 g/mol. The number of thiophene rings is 1. The number of nitrogens with one attached hydrogen (secondary N) is 2. The molecule has 0 saturated carbocycles. The number of benzene rings is 1. The van der Waals surface area contributed by atoms with Crippen LogP contribution in [0.5, 0.6) is 0 Å². The Bertz CT molecular complexity index is 639. The van der Waals surface area contributed by atoms with Crippen LogP contribution in [0.15, 0.2) is 30.3 Å². The molecule has 1 amide bonds. The van der Waals surface area contributed by atoms with E-state index in [0.29, 0.717) is 10.7 Å². The molecule has 0 aliphatic rings. The number of anilines is 1. The monoisotopic (exact) mass is 322 g/mol. The Labute approximate surface area is 134 Å². The lowest BCUT2D eigenvalue weighted by Crippen LogP contribution is -2.30. The molecule has 2 rings (SSSR count). The fraction of sp³-hybridized carbons (Fsp3) is 0.312. The number of rotatable bonds is 5. The summed E-state index contributed by atoms with van der Waals surface area (Å²) in [6, 6.07) is 9.53. The Balaban J connectivity index is 1.89. The normalized spacial score (nSPS) is 12.2. The van der Waals surface area contributed by atoms with Gasteiger partial charge in [0.05, 0.1) is 17.3 Å². The van der Waals surface area contributed by atoms with Crippen LogP contribution in [0.1, 0.15) is 28.3 Å². The van der Waals surface area contributed by atoms with E-state index >= 15 is 0 Å². The summed E-state index contributed by atoms with van der Waals surface area (Å²) in [5.74, 6) is -0.0976. The summed E-state index contributed by atoms with van der Waals surface area (Å²) in [6.45, 7) is 6.52. The fourth-order valence-electron chi connectivity index (χ4n) is 2.19. The van der Waals surface area contributed by atoms with Crippen molar-refractivity contribution >= 4 is 34.5 Å². The van der Waals surface area contributed by atoms with E-state index in [-0.39, 0.29) is 18.5 Å². The van der Waals surface area contributed by atoms with Gasteiger partial charge in [-0.05, 0) is 44.5 Å². The Morgan fingerprint density at radius 3 is 2.67 bits per heavy atom. The number of carbonyl (C=O) groups excluding carboxylic acids is 1. The van der Waals surface area contributed by atoms with Crippen molar-refractivity contribution in [2.45, 2.75) is 26.8 Å². The van der Waals surface area contributed by atoms with E-state index in [0.717, 1.165) is 0 Å². The molecule has 2 N–H and O–H groups in total. The Morgan fingerprint density at radius 2 is 2.05 bits per heavy atom. The fourth-order valence-corrected chi connectivity index (χ4v) is 3.40. The van der Waals surface area contributed by atoms with Gasteiger partial charge in [-0.3, -0.25) is 4.79 Å². The molecule has 0 spiro atoms. The van der Waals surface area contributed by atoms with E-state index in [4.69, 9.17) is 11.6 Å². The third-order valence-electron chi connectivity index (χ3n) is 3.26. The van der Waals surface area contributed by atoms with Gasteiger partial charge >= 0.3 is 0 Å². The van der Waals surface area contributed by atoms with Crippen LogP contribution in [0.25, 0.3) is 0 Å². The summed E-state index contributed by atoms with van der Waals surface area (Å²) in [4.78, 5) is 14.5. The summed E-state index contributed by atoms with van der Waals surface area (Å²) in [6.07, 6.45) is 0. The van der Waals surface area contributed by atoms with Gasteiger partial charge in [0, 0.05) is 15.8 Å². The number of para-hydroxylation sites is 1. The highest BCUT2D eigenvalue weighted by Gasteiger charge is 2.12. The zero-order valence-corrected chi connectivity index (χ0v) is 13.9. The molecule has 21 heavy (non-hydrogen) atoms. The standard InChI is InChI=1S/C16H19ClN2OS/c1-10-8-13(12(3)21-10)11(2)18-9-16(20)19-15-7-5-4-6-14(15)17/h4-8,11,18H,9H2,1-3H3,(H,19,20). The van der Waals surface area contributed by atoms with Crippen molar-refractivity contribution in [3.63, 3.8) is 0 Å². The maximum Gasteiger partial charge on any atom is 0.238 e. The highest BCUT2D eigenvalue weighted by atomic mass is 35.5. The maximum atomic E-state index is 12.0. The minimum atomic E-state index is -0.0976. The molecular formula is C16H19ClN2OS. The van der Waals surface area contributed by atoms with Crippen LogP contribution in [0.4, 0.5) is 5.69 Å². The molecule has 5 heteroatoms. The second-order valence-corrected chi connectivity index (χ2v) is 6.87. The van der Waals surface area contributed by atoms with E-state index in [2.05, 4.69) is 37.5 Å². The maximum absolute atomic E-state index is 12.0. The van der Waals surface area contributed by atoms with Crippen molar-refractivity contribution in [2.24, 2.45) is 0 Å². The summed E-state index contributed by atoms with van der Waals surface area (Å²) in [7, 11) is 0. The molecule has 1 unspecified atom stereocenters. The van der Waals surface area contributed by atoms with Gasteiger partial charge in [-0.1, -0.05) is 23.7 Å². The largest absolute Gasteiger partial charge is 0.324 e. The average Bonchev–Trinajstić information content (AvgIpc) is 2.78. The minimum absolute atomic E-state index is 0.0976. The quantitative estimate of drug-likeness (QED) is 0.861. The highest BCUT2D eigenvalue weighted by molar-refractivity contribution is 7.12. The van der Waals surface area contributed by atoms with E-state index in [1.807, 2.05) is 12.1 Å². The Kier molecular flexibility index (Phi) is 5.39. The second kappa shape index (κ2) is 7.07. The lowest BCUT2D eigenvalue weighted by Gasteiger charge is -2.14. The van der Waals surface area contributed by atoms with Gasteiger partial charge in [-0.25, -0.2) is 0 Å². The molecule has 3 nitrogen and oxygen atoms in total. The van der Waals surface area contributed by atoms with Crippen molar-refractivity contribution in [1.29, 1.82) is 0 Å². The van der Waals surface area contributed by atoms with Gasteiger partial charge in [-0.15, -0.1) is 11.3 Å². The second-order valence-electron chi connectivity index (χ2n) is 5.00. The molecule has 1 atom stereocenters. The molecule has 112 valence electrons. The zero-order chi connectivity index (χ0) is 15.4. The molecule has 1 heterocycles. The van der Waals surface area contributed by atoms with Crippen molar-refractivity contribution < 1.29 is 4.79 Å². The molecule has 0 saturated heterocycles. The van der Waals surface area contributed by atoms with Crippen LogP contribution in [-0.2, 0) is 4.79 Å². The van der Waals surface area contributed by atoms with Gasteiger partial charge in [0.2, 0.25) is 5.91 Å². The smallest absolute Gasteiger partial charge is 0.238 e. The predicted octanol–water partition coefficient (Wildman–Crippen LogP) is 4.31. The van der Waals surface area contributed by atoms with Gasteiger partial charge in [0.25, 0.3) is 0 Å². The first-order valence-electron chi connectivity index (χ1n) is 6.82. The van der Waals surface area contributed by atoms with Crippen molar-refractivity contribution in [2.75, 3.05) is 11.9 Å². The number of carbonyl (C=O) groups is 1. The van der Waals surface area contributed by atoms with E-state index in [9.17, 15) is 4.79 Å². The first-order valence-corrected chi connectivity index (χ1v) is 8.01. The summed E-state index contributed by atoms with van der Waals surface area (Å²) in [5.41, 5.74) is 1.89. The van der Waals surface area contributed by atoms with Gasteiger partial charge in [-0.2, -0.15) is 0 Å². The molecule has 0 aliphatic carbocycles. The first-order chi connectivity index (χ1) is 9.97. The van der Waals surface area contributed by atoms with Gasteiger partial charge in [0.15, 0.2) is 0 Å². The third kappa shape index (κ3) is 4.30. The van der Waals surface area contributed by atoms with Crippen molar-refractivity contribution in [3.05, 3.63) is 50.7 Å². The highest BCUT2D eigenvalue weighted by Crippen LogP contribution is 2.26. The first kappa shape index (κ1) is 16.0. The molecule has 2 aromatic rings. The zero-order valence-electron chi connectivity index (χ0n) is 12.4. The molecule has 1 aromatic heterocycles. The van der Waals surface area contributed by atoms with Crippen LogP contribution in [0.3, 0.4) is 0 Å². The van der Waals surface area contributed by atoms with Crippen molar-refractivity contribution in [3.8, 4) is 0 Å². The molecule has 0 fully saturated rings. The van der Waals surface area contributed by atoms with E-state index < -0.39 is 0 Å². The number of halogens is 1. The van der Waals surface area contributed by atoms with Gasteiger partial charge < -0.3 is 10.6 Å². The molecule has 0 aliphatic heterocycles. The number of amides is 1. The molecule has 0 bridgehead atoms. The van der Waals surface area contributed by atoms with Crippen LogP contribution >= 0.6 is 22.9 Å². The average molecular weight is 323 g/mol. The minimum Gasteiger partial charge on any atom is -0.324 e. The lowest BCUT2D eigenvalue weighted by atomic mass is 10.1. The summed E-state index contributed by atoms with van der Waals surface area (Å²) in [5, 5.41) is 6.59. The number of hydrogen-bond donors (Lipinski definition) is 2. The number of aryl methyl sites for hydroxylation is 2.